The zero-order chi connectivity index (χ0) is 14.3. The molecule has 0 fully saturated rings. The third-order valence-corrected chi connectivity index (χ3v) is 2.99. The summed E-state index contributed by atoms with van der Waals surface area (Å²) in [5, 5.41) is 13.9. The van der Waals surface area contributed by atoms with E-state index in [9.17, 15) is 0 Å². The second-order valence-electron chi connectivity index (χ2n) is 4.64. The Labute approximate surface area is 113 Å². The van der Waals surface area contributed by atoms with Gasteiger partial charge in [-0.25, -0.2) is 4.79 Å². The average Bonchev–Trinajstić information content (AvgIpc) is 2.40. The number of rotatable bonds is 2. The minimum atomic E-state index is -1.83. The van der Waals surface area contributed by atoms with Crippen molar-refractivity contribution in [3.05, 3.63) is 71.8 Å². The molecule has 0 aromatic heterocycles. The number of carboxylic acid groups (broad SMARTS) is 2. The lowest BCUT2D eigenvalue weighted by atomic mass is 9.78. The molecule has 0 aliphatic rings. The van der Waals surface area contributed by atoms with E-state index >= 15 is 0 Å². The van der Waals surface area contributed by atoms with Crippen molar-refractivity contribution < 1.29 is 15.0 Å². The summed E-state index contributed by atoms with van der Waals surface area (Å²) in [7, 11) is 0. The molecule has 0 amide bonds. The van der Waals surface area contributed by atoms with E-state index in [1.165, 1.54) is 11.1 Å². The summed E-state index contributed by atoms with van der Waals surface area (Å²) in [6.45, 7) is 4.52. The Kier molecular flexibility index (Phi) is 5.12. The van der Waals surface area contributed by atoms with E-state index < -0.39 is 6.16 Å². The molecule has 0 spiro atoms. The maximum absolute atomic E-state index is 8.56. The summed E-state index contributed by atoms with van der Waals surface area (Å²) in [6, 6.07) is 21.3. The first-order valence-electron chi connectivity index (χ1n) is 5.97. The second-order valence-corrected chi connectivity index (χ2v) is 4.64. The van der Waals surface area contributed by atoms with Gasteiger partial charge in [-0.05, 0) is 11.1 Å². The lowest BCUT2D eigenvalue weighted by molar-refractivity contribution is 0.137. The van der Waals surface area contributed by atoms with Gasteiger partial charge in [-0.3, -0.25) is 0 Å². The molecule has 0 aliphatic carbocycles. The van der Waals surface area contributed by atoms with Gasteiger partial charge >= 0.3 is 6.16 Å². The van der Waals surface area contributed by atoms with Crippen LogP contribution in [-0.4, -0.2) is 16.4 Å². The van der Waals surface area contributed by atoms with Crippen molar-refractivity contribution in [2.24, 2.45) is 0 Å². The minimum Gasteiger partial charge on any atom is -0.450 e. The van der Waals surface area contributed by atoms with Crippen LogP contribution in [0.15, 0.2) is 60.7 Å². The first-order chi connectivity index (χ1) is 8.94. The van der Waals surface area contributed by atoms with Crippen LogP contribution in [0.5, 0.6) is 0 Å². The molecule has 2 N–H and O–H groups in total. The van der Waals surface area contributed by atoms with Crippen LogP contribution in [0.2, 0.25) is 0 Å². The van der Waals surface area contributed by atoms with Gasteiger partial charge in [0.2, 0.25) is 0 Å². The Bertz CT molecular complexity index is 459. The smallest absolute Gasteiger partial charge is 0.450 e. The van der Waals surface area contributed by atoms with Gasteiger partial charge in [0.15, 0.2) is 0 Å². The van der Waals surface area contributed by atoms with Crippen LogP contribution in [0.4, 0.5) is 4.79 Å². The Morgan fingerprint density at radius 1 is 0.789 bits per heavy atom. The maximum Gasteiger partial charge on any atom is 0.503 e. The SMILES string of the molecule is CC(C)(c1ccccc1)c1ccccc1.O=C(O)O. The van der Waals surface area contributed by atoms with Crippen LogP contribution in [-0.2, 0) is 5.41 Å². The van der Waals surface area contributed by atoms with Crippen LogP contribution in [0.25, 0.3) is 0 Å². The lowest BCUT2D eigenvalue weighted by Crippen LogP contribution is -2.18. The molecule has 0 atom stereocenters. The highest BCUT2D eigenvalue weighted by Crippen LogP contribution is 2.30. The van der Waals surface area contributed by atoms with Gasteiger partial charge in [-0.1, -0.05) is 74.5 Å². The average molecular weight is 258 g/mol. The molecule has 0 bridgehead atoms. The van der Waals surface area contributed by atoms with Crippen LogP contribution in [0.3, 0.4) is 0 Å². The molecule has 0 radical (unpaired) electrons. The van der Waals surface area contributed by atoms with Crippen molar-refractivity contribution in [3.8, 4) is 0 Å². The van der Waals surface area contributed by atoms with Gasteiger partial charge in [0, 0.05) is 5.41 Å². The van der Waals surface area contributed by atoms with Crippen LogP contribution in [0, 0.1) is 0 Å². The van der Waals surface area contributed by atoms with Crippen LogP contribution < -0.4 is 0 Å². The summed E-state index contributed by atoms with van der Waals surface area (Å²) in [6.07, 6.45) is -1.83. The van der Waals surface area contributed by atoms with E-state index in [4.69, 9.17) is 15.0 Å². The van der Waals surface area contributed by atoms with E-state index in [1.807, 2.05) is 0 Å². The topological polar surface area (TPSA) is 57.5 Å². The molecule has 3 nitrogen and oxygen atoms in total. The Hall–Kier alpha value is -2.29. The van der Waals surface area contributed by atoms with Crippen LogP contribution >= 0.6 is 0 Å². The fraction of sp³-hybridized carbons (Fsp3) is 0.188. The minimum absolute atomic E-state index is 0.0858. The summed E-state index contributed by atoms with van der Waals surface area (Å²) < 4.78 is 0. The Morgan fingerprint density at radius 2 is 1.05 bits per heavy atom. The van der Waals surface area contributed by atoms with E-state index in [0.717, 1.165) is 0 Å². The quantitative estimate of drug-likeness (QED) is 0.847. The number of hydrogen-bond acceptors (Lipinski definition) is 1. The highest BCUT2D eigenvalue weighted by molar-refractivity contribution is 5.53. The molecule has 0 unspecified atom stereocenters. The van der Waals surface area contributed by atoms with Crippen molar-refractivity contribution >= 4 is 6.16 Å². The predicted octanol–water partition coefficient (Wildman–Crippen LogP) is 4.23. The molecule has 3 heteroatoms. The molecule has 0 saturated heterocycles. The van der Waals surface area contributed by atoms with Gasteiger partial charge in [0.05, 0.1) is 0 Å². The van der Waals surface area contributed by atoms with E-state index in [1.54, 1.807) is 0 Å². The summed E-state index contributed by atoms with van der Waals surface area (Å²) in [5.74, 6) is 0. The molecule has 2 aromatic carbocycles. The Morgan fingerprint density at radius 3 is 1.32 bits per heavy atom. The van der Waals surface area contributed by atoms with Crippen molar-refractivity contribution in [2.45, 2.75) is 19.3 Å². The molecule has 2 rings (SSSR count). The number of hydrogen-bond donors (Lipinski definition) is 2. The highest BCUT2D eigenvalue weighted by atomic mass is 16.6. The fourth-order valence-electron chi connectivity index (χ4n) is 1.88. The van der Waals surface area contributed by atoms with Crippen molar-refractivity contribution in [1.82, 2.24) is 0 Å². The van der Waals surface area contributed by atoms with Gasteiger partial charge in [-0.2, -0.15) is 0 Å². The third kappa shape index (κ3) is 4.47. The maximum atomic E-state index is 8.56. The van der Waals surface area contributed by atoms with E-state index in [-0.39, 0.29) is 5.41 Å². The molecule has 0 heterocycles. The van der Waals surface area contributed by atoms with Gasteiger partial charge in [-0.15, -0.1) is 0 Å². The Balaban J connectivity index is 0.000000399. The largest absolute Gasteiger partial charge is 0.503 e. The third-order valence-electron chi connectivity index (χ3n) is 2.99. The first kappa shape index (κ1) is 14.8. The molecule has 0 saturated carbocycles. The molecule has 2 aromatic rings. The van der Waals surface area contributed by atoms with E-state index in [0.29, 0.717) is 0 Å². The fourth-order valence-corrected chi connectivity index (χ4v) is 1.88. The number of carbonyl (C=O) groups is 1. The van der Waals surface area contributed by atoms with Gasteiger partial charge in [0.25, 0.3) is 0 Å². The standard InChI is InChI=1S/C15H16.CH2O3/c1-15(2,13-9-5-3-6-10-13)14-11-7-4-8-12-14;2-1(3)4/h3-12H,1-2H3;(H2,2,3,4). The molecule has 100 valence electrons. The van der Waals surface area contributed by atoms with Gasteiger partial charge < -0.3 is 10.2 Å². The van der Waals surface area contributed by atoms with E-state index in [2.05, 4.69) is 74.5 Å². The lowest BCUT2D eigenvalue weighted by Gasteiger charge is -2.25. The van der Waals surface area contributed by atoms with Crippen molar-refractivity contribution in [2.75, 3.05) is 0 Å². The molecular weight excluding hydrogens is 240 g/mol. The van der Waals surface area contributed by atoms with Crippen molar-refractivity contribution in [3.63, 3.8) is 0 Å². The first-order valence-corrected chi connectivity index (χ1v) is 5.97. The van der Waals surface area contributed by atoms with Crippen LogP contribution in [0.1, 0.15) is 25.0 Å². The molecule has 0 aliphatic heterocycles. The van der Waals surface area contributed by atoms with Crippen molar-refractivity contribution in [1.29, 1.82) is 0 Å². The molecule has 19 heavy (non-hydrogen) atoms. The monoisotopic (exact) mass is 258 g/mol. The number of benzene rings is 2. The zero-order valence-corrected chi connectivity index (χ0v) is 11.1. The summed E-state index contributed by atoms with van der Waals surface area (Å²) in [5.41, 5.74) is 2.80. The second kappa shape index (κ2) is 6.59. The zero-order valence-electron chi connectivity index (χ0n) is 11.1. The van der Waals surface area contributed by atoms with Gasteiger partial charge in [0.1, 0.15) is 0 Å². The summed E-state index contributed by atoms with van der Waals surface area (Å²) in [4.78, 5) is 8.56. The predicted molar refractivity (Wildman–Crippen MR) is 75.7 cm³/mol. The highest BCUT2D eigenvalue weighted by Gasteiger charge is 2.21. The summed E-state index contributed by atoms with van der Waals surface area (Å²) >= 11 is 0. The normalized spacial score (nSPS) is 10.2. The molecular formula is C16H18O3.